The number of aryl methyl sites for hydroxylation is 1. The Hall–Kier alpha value is -1.83. The van der Waals surface area contributed by atoms with Crippen LogP contribution >= 0.6 is 34.7 Å². The maximum Gasteiger partial charge on any atom is 0.328 e. The Bertz CT molecular complexity index is 852. The summed E-state index contributed by atoms with van der Waals surface area (Å²) in [6, 6.07) is 6.18. The highest BCUT2D eigenvalue weighted by molar-refractivity contribution is 8.14. The van der Waals surface area contributed by atoms with Crippen molar-refractivity contribution in [1.29, 1.82) is 0 Å². The Morgan fingerprint density at radius 3 is 2.56 bits per heavy atom. The first-order chi connectivity index (χ1) is 12.8. The molecule has 0 fully saturated rings. The van der Waals surface area contributed by atoms with Crippen LogP contribution in [0.4, 0.5) is 5.69 Å². The fraction of sp³-hybridized carbons (Fsp3) is 0.316. The van der Waals surface area contributed by atoms with Gasteiger partial charge < -0.3 is 4.74 Å². The lowest BCUT2D eigenvalue weighted by atomic mass is 10.1. The average Bonchev–Trinajstić information content (AvgIpc) is 3.19. The van der Waals surface area contributed by atoms with Gasteiger partial charge in [-0.2, -0.15) is 0 Å². The second-order valence-corrected chi connectivity index (χ2v) is 8.16. The molecular weight excluding hydrogens is 406 g/mol. The fourth-order valence-electron chi connectivity index (χ4n) is 2.65. The van der Waals surface area contributed by atoms with Gasteiger partial charge in [0.1, 0.15) is 6.04 Å². The maximum absolute atomic E-state index is 13.0. The molecule has 0 saturated heterocycles. The number of anilines is 1. The number of thioether (sulfide) groups is 1. The molecule has 1 heterocycles. The highest BCUT2D eigenvalue weighted by atomic mass is 35.5. The predicted molar refractivity (Wildman–Crippen MR) is 111 cm³/mol. The molecule has 1 aromatic heterocycles. The Balaban J connectivity index is 2.33. The van der Waals surface area contributed by atoms with Gasteiger partial charge in [-0.25, -0.2) is 4.79 Å². The number of esters is 1. The van der Waals surface area contributed by atoms with Crippen molar-refractivity contribution >= 4 is 57.4 Å². The molecule has 144 valence electrons. The van der Waals surface area contributed by atoms with Gasteiger partial charge >= 0.3 is 5.97 Å². The zero-order valence-electron chi connectivity index (χ0n) is 15.4. The van der Waals surface area contributed by atoms with E-state index < -0.39 is 12.0 Å². The van der Waals surface area contributed by atoms with Gasteiger partial charge in [0, 0.05) is 5.02 Å². The van der Waals surface area contributed by atoms with Crippen molar-refractivity contribution in [2.75, 3.05) is 17.8 Å². The van der Waals surface area contributed by atoms with E-state index in [1.165, 1.54) is 23.3 Å². The first-order valence-corrected chi connectivity index (χ1v) is 10.4. The summed E-state index contributed by atoms with van der Waals surface area (Å²) in [5.74, 6) is -1.00. The zero-order valence-corrected chi connectivity index (χ0v) is 17.8. The molecule has 0 N–H and O–H groups in total. The third kappa shape index (κ3) is 4.91. The fourth-order valence-corrected chi connectivity index (χ4v) is 4.29. The van der Waals surface area contributed by atoms with Gasteiger partial charge in [0.15, 0.2) is 0 Å². The standard InChI is InChI=1S/C19H20ClNO4S2/c1-11-7-8-14(20)12(2)17(11)21(13(3)18(23)25-4)16(22)10-27-19(24)15-6-5-9-26-15/h5-9,13H,10H2,1-4H3. The molecule has 27 heavy (non-hydrogen) atoms. The van der Waals surface area contributed by atoms with Gasteiger partial charge in [-0.1, -0.05) is 35.5 Å². The topological polar surface area (TPSA) is 63.7 Å². The van der Waals surface area contributed by atoms with Crippen LogP contribution in [0.2, 0.25) is 5.02 Å². The van der Waals surface area contributed by atoms with E-state index in [9.17, 15) is 14.4 Å². The molecule has 0 radical (unpaired) electrons. The van der Waals surface area contributed by atoms with Crippen molar-refractivity contribution < 1.29 is 19.1 Å². The molecule has 0 bridgehead atoms. The summed E-state index contributed by atoms with van der Waals surface area (Å²) in [5, 5.41) is 2.12. The second kappa shape index (κ2) is 9.39. The Morgan fingerprint density at radius 2 is 1.96 bits per heavy atom. The smallest absolute Gasteiger partial charge is 0.328 e. The van der Waals surface area contributed by atoms with Crippen LogP contribution in [0.25, 0.3) is 0 Å². The van der Waals surface area contributed by atoms with Crippen molar-refractivity contribution in [2.45, 2.75) is 26.8 Å². The molecule has 0 aliphatic carbocycles. The van der Waals surface area contributed by atoms with E-state index in [-0.39, 0.29) is 16.8 Å². The molecule has 5 nitrogen and oxygen atoms in total. The number of thiophene rings is 1. The van der Waals surface area contributed by atoms with Crippen molar-refractivity contribution in [3.8, 4) is 0 Å². The number of hydrogen-bond donors (Lipinski definition) is 0. The first kappa shape index (κ1) is 21.5. The monoisotopic (exact) mass is 425 g/mol. The summed E-state index contributed by atoms with van der Waals surface area (Å²) in [5.41, 5.74) is 2.06. The van der Waals surface area contributed by atoms with Crippen molar-refractivity contribution in [1.82, 2.24) is 0 Å². The molecule has 1 atom stereocenters. The van der Waals surface area contributed by atoms with Gasteiger partial charge in [-0.15, -0.1) is 11.3 Å². The molecule has 1 unspecified atom stereocenters. The quantitative estimate of drug-likeness (QED) is 0.638. The van der Waals surface area contributed by atoms with Gasteiger partial charge in [0.25, 0.3) is 0 Å². The van der Waals surface area contributed by atoms with Gasteiger partial charge in [0.05, 0.1) is 23.4 Å². The van der Waals surface area contributed by atoms with Crippen LogP contribution in [-0.4, -0.2) is 35.9 Å². The van der Waals surface area contributed by atoms with Crippen LogP contribution in [0.1, 0.15) is 27.7 Å². The van der Waals surface area contributed by atoms with Crippen LogP contribution in [0.5, 0.6) is 0 Å². The molecule has 0 aliphatic rings. The highest BCUT2D eigenvalue weighted by Gasteiger charge is 2.31. The van der Waals surface area contributed by atoms with Crippen LogP contribution in [-0.2, 0) is 14.3 Å². The van der Waals surface area contributed by atoms with Crippen LogP contribution in [0.3, 0.4) is 0 Å². The number of carbonyl (C=O) groups excluding carboxylic acids is 3. The first-order valence-electron chi connectivity index (χ1n) is 8.14. The minimum absolute atomic E-state index is 0.0938. The number of amides is 1. The zero-order chi connectivity index (χ0) is 20.1. The lowest BCUT2D eigenvalue weighted by Crippen LogP contribution is -2.45. The van der Waals surface area contributed by atoms with Crippen LogP contribution in [0.15, 0.2) is 29.6 Å². The van der Waals surface area contributed by atoms with E-state index in [0.29, 0.717) is 21.2 Å². The molecular formula is C19H20ClNO4S2. The third-order valence-electron chi connectivity index (χ3n) is 4.05. The SMILES string of the molecule is COC(=O)C(C)N(C(=O)CSC(=O)c1cccs1)c1c(C)ccc(Cl)c1C. The number of benzene rings is 1. The van der Waals surface area contributed by atoms with Gasteiger partial charge in [-0.3, -0.25) is 14.5 Å². The molecule has 2 aromatic rings. The van der Waals surface area contributed by atoms with Crippen LogP contribution in [0, 0.1) is 13.8 Å². The minimum Gasteiger partial charge on any atom is -0.467 e. The summed E-state index contributed by atoms with van der Waals surface area (Å²) in [6.07, 6.45) is 0. The van der Waals surface area contributed by atoms with E-state index >= 15 is 0 Å². The van der Waals surface area contributed by atoms with E-state index in [4.69, 9.17) is 16.3 Å². The Kier molecular flexibility index (Phi) is 7.47. The summed E-state index contributed by atoms with van der Waals surface area (Å²) in [7, 11) is 1.27. The van der Waals surface area contributed by atoms with E-state index in [2.05, 4.69) is 0 Å². The number of rotatable bonds is 6. The van der Waals surface area contributed by atoms with Crippen molar-refractivity contribution in [3.63, 3.8) is 0 Å². The van der Waals surface area contributed by atoms with E-state index in [1.807, 2.05) is 6.92 Å². The Morgan fingerprint density at radius 1 is 1.26 bits per heavy atom. The largest absolute Gasteiger partial charge is 0.467 e. The second-order valence-electron chi connectivity index (χ2n) is 5.85. The van der Waals surface area contributed by atoms with E-state index in [1.54, 1.807) is 43.5 Å². The van der Waals surface area contributed by atoms with E-state index in [0.717, 1.165) is 17.3 Å². The lowest BCUT2D eigenvalue weighted by molar-refractivity contribution is -0.142. The summed E-state index contributed by atoms with van der Waals surface area (Å²) in [4.78, 5) is 39.3. The Labute approximate surface area is 171 Å². The summed E-state index contributed by atoms with van der Waals surface area (Å²) < 4.78 is 4.82. The van der Waals surface area contributed by atoms with Crippen LogP contribution < -0.4 is 4.90 Å². The molecule has 0 spiro atoms. The maximum atomic E-state index is 13.0. The molecule has 2 rings (SSSR count). The number of nitrogens with zero attached hydrogens (tertiary/aromatic N) is 1. The molecule has 0 aliphatic heterocycles. The van der Waals surface area contributed by atoms with Gasteiger partial charge in [0.2, 0.25) is 11.0 Å². The van der Waals surface area contributed by atoms with Crippen molar-refractivity contribution in [3.05, 3.63) is 50.7 Å². The summed E-state index contributed by atoms with van der Waals surface area (Å²) in [6.45, 7) is 5.22. The van der Waals surface area contributed by atoms with Gasteiger partial charge in [-0.05, 0) is 49.4 Å². The third-order valence-corrected chi connectivity index (χ3v) is 6.34. The normalized spacial score (nSPS) is 11.7. The number of carbonyl (C=O) groups is 3. The molecule has 1 aromatic carbocycles. The average molecular weight is 426 g/mol. The lowest BCUT2D eigenvalue weighted by Gasteiger charge is -2.30. The number of hydrogen-bond acceptors (Lipinski definition) is 6. The molecule has 8 heteroatoms. The molecule has 0 saturated carbocycles. The minimum atomic E-state index is -0.851. The highest BCUT2D eigenvalue weighted by Crippen LogP contribution is 2.32. The number of ether oxygens (including phenoxy) is 1. The molecule has 1 amide bonds. The predicted octanol–water partition coefficient (Wildman–Crippen LogP) is 4.49. The number of methoxy groups -OCH3 is 1. The number of halogens is 1. The summed E-state index contributed by atoms with van der Waals surface area (Å²) >= 11 is 8.47. The van der Waals surface area contributed by atoms with Crippen molar-refractivity contribution in [2.24, 2.45) is 0 Å².